The first-order valence-electron chi connectivity index (χ1n) is 12.7. The Morgan fingerprint density at radius 2 is 1.69 bits per heavy atom. The van der Waals surface area contributed by atoms with Crippen molar-refractivity contribution in [3.63, 3.8) is 0 Å². The average molecular weight is 515 g/mol. The first-order valence-corrected chi connectivity index (χ1v) is 14.7. The van der Waals surface area contributed by atoms with Crippen LogP contribution in [0.1, 0.15) is 51.4 Å². The predicted octanol–water partition coefficient (Wildman–Crippen LogP) is 2.97. The van der Waals surface area contributed by atoms with Crippen molar-refractivity contribution in [2.24, 2.45) is 13.0 Å². The molecule has 0 unspecified atom stereocenters. The van der Waals surface area contributed by atoms with E-state index < -0.39 is 9.84 Å². The van der Waals surface area contributed by atoms with Crippen molar-refractivity contribution >= 4 is 32.6 Å². The lowest BCUT2D eigenvalue weighted by Crippen LogP contribution is -2.32. The second kappa shape index (κ2) is 10.5. The van der Waals surface area contributed by atoms with E-state index in [1.165, 1.54) is 6.26 Å². The maximum absolute atomic E-state index is 11.7. The number of hydrogen-bond acceptors (Lipinski definition) is 10. The molecule has 0 radical (unpaired) electrons. The summed E-state index contributed by atoms with van der Waals surface area (Å²) in [4.78, 5) is 17.8. The van der Waals surface area contributed by atoms with E-state index in [2.05, 4.69) is 25.7 Å². The molecule has 2 N–H and O–H groups in total. The van der Waals surface area contributed by atoms with Gasteiger partial charge in [0, 0.05) is 37.8 Å². The first-order chi connectivity index (χ1) is 17.3. The summed E-state index contributed by atoms with van der Waals surface area (Å²) in [5, 5.41) is 12.4. The van der Waals surface area contributed by atoms with Gasteiger partial charge >= 0.3 is 0 Å². The predicted molar refractivity (Wildman–Crippen MR) is 138 cm³/mol. The molecular weight excluding hydrogens is 480 g/mol. The summed E-state index contributed by atoms with van der Waals surface area (Å²) in [5.41, 5.74) is 0.778. The maximum atomic E-state index is 11.7. The van der Waals surface area contributed by atoms with Crippen LogP contribution in [0.4, 0.5) is 11.8 Å². The van der Waals surface area contributed by atoms with Crippen molar-refractivity contribution in [1.82, 2.24) is 29.7 Å². The van der Waals surface area contributed by atoms with Crippen LogP contribution in [0.5, 0.6) is 5.88 Å². The Morgan fingerprint density at radius 1 is 0.972 bits per heavy atom. The van der Waals surface area contributed by atoms with E-state index in [1.807, 2.05) is 7.05 Å². The molecule has 2 saturated carbocycles. The molecule has 2 aliphatic rings. The van der Waals surface area contributed by atoms with Crippen molar-refractivity contribution in [3.8, 4) is 5.88 Å². The number of nitrogens with zero attached hydrogens (tertiary/aromatic N) is 6. The third kappa shape index (κ3) is 6.21. The zero-order valence-electron chi connectivity index (χ0n) is 20.8. The Morgan fingerprint density at radius 3 is 2.39 bits per heavy atom. The Bertz CT molecular complexity index is 1270. The van der Waals surface area contributed by atoms with Crippen LogP contribution in [0.2, 0.25) is 0 Å². The Labute approximate surface area is 211 Å². The molecule has 0 spiro atoms. The van der Waals surface area contributed by atoms with E-state index in [9.17, 15) is 8.42 Å². The van der Waals surface area contributed by atoms with E-state index in [1.54, 1.807) is 29.5 Å². The van der Waals surface area contributed by atoms with Crippen molar-refractivity contribution in [2.45, 2.75) is 69.6 Å². The highest BCUT2D eigenvalue weighted by Crippen LogP contribution is 2.30. The van der Waals surface area contributed by atoms with Gasteiger partial charge in [-0.2, -0.15) is 15.1 Å². The fourth-order valence-electron chi connectivity index (χ4n) is 5.32. The van der Waals surface area contributed by atoms with Gasteiger partial charge in [-0.3, -0.25) is 9.67 Å². The standard InChI is InChI=1S/C24H34N8O3S/c1-32-23-20(13-27-32)22(28-17-5-3-16(4-6-17)15-36(2,33)34)30-24(31-23)29-18-7-9-19(10-8-18)35-21-14-25-11-12-26-21/h11-14,16-19H,3-10,15H2,1-2H3,(H2,28,29,30,31). The number of nitrogens with one attached hydrogen (secondary N) is 2. The summed E-state index contributed by atoms with van der Waals surface area (Å²) in [5.74, 6) is 2.46. The molecule has 5 rings (SSSR count). The van der Waals surface area contributed by atoms with Gasteiger partial charge in [-0.1, -0.05) is 0 Å². The molecule has 2 fully saturated rings. The van der Waals surface area contributed by atoms with Gasteiger partial charge in [0.25, 0.3) is 0 Å². The third-order valence-corrected chi connectivity index (χ3v) is 8.23. The lowest BCUT2D eigenvalue weighted by Gasteiger charge is -2.30. The van der Waals surface area contributed by atoms with Crippen LogP contribution in [-0.4, -0.2) is 68.3 Å². The maximum Gasteiger partial charge on any atom is 0.232 e. The van der Waals surface area contributed by atoms with Gasteiger partial charge in [-0.15, -0.1) is 0 Å². The number of anilines is 2. The molecule has 11 nitrogen and oxygen atoms in total. The van der Waals surface area contributed by atoms with Crippen LogP contribution >= 0.6 is 0 Å². The van der Waals surface area contributed by atoms with Crippen LogP contribution in [0.15, 0.2) is 24.8 Å². The number of ether oxygens (including phenoxy) is 1. The van der Waals surface area contributed by atoms with E-state index in [4.69, 9.17) is 14.7 Å². The molecule has 0 aromatic carbocycles. The van der Waals surface area contributed by atoms with E-state index in [-0.39, 0.29) is 29.9 Å². The molecule has 0 aliphatic heterocycles. The fourth-order valence-corrected chi connectivity index (χ4v) is 6.51. The normalized spacial score (nSPS) is 24.9. The summed E-state index contributed by atoms with van der Waals surface area (Å²) in [7, 11) is -1.06. The van der Waals surface area contributed by atoms with Gasteiger partial charge in [-0.25, -0.2) is 13.4 Å². The topological polar surface area (TPSA) is 137 Å². The lowest BCUT2D eigenvalue weighted by molar-refractivity contribution is 0.143. The van der Waals surface area contributed by atoms with Crippen molar-refractivity contribution in [1.29, 1.82) is 0 Å². The molecule has 3 aromatic heterocycles. The molecule has 2 aliphatic carbocycles. The smallest absolute Gasteiger partial charge is 0.232 e. The van der Waals surface area contributed by atoms with E-state index in [0.29, 0.717) is 11.8 Å². The number of rotatable bonds is 8. The summed E-state index contributed by atoms with van der Waals surface area (Å²) >= 11 is 0. The zero-order chi connectivity index (χ0) is 25.1. The quantitative estimate of drug-likeness (QED) is 0.461. The molecule has 36 heavy (non-hydrogen) atoms. The molecule has 12 heteroatoms. The second-order valence-corrected chi connectivity index (χ2v) is 12.3. The van der Waals surface area contributed by atoms with Crippen LogP contribution in [0.3, 0.4) is 0 Å². The third-order valence-electron chi connectivity index (χ3n) is 7.15. The van der Waals surface area contributed by atoms with Crippen molar-refractivity contribution < 1.29 is 13.2 Å². The van der Waals surface area contributed by atoms with Gasteiger partial charge < -0.3 is 15.4 Å². The molecular formula is C24H34N8O3S. The highest BCUT2D eigenvalue weighted by atomic mass is 32.2. The van der Waals surface area contributed by atoms with Crippen molar-refractivity contribution in [2.75, 3.05) is 22.6 Å². The minimum atomic E-state index is -2.94. The Hall–Kier alpha value is -3.02. The monoisotopic (exact) mass is 514 g/mol. The number of fused-ring (bicyclic) bond motifs is 1. The van der Waals surface area contributed by atoms with Crippen LogP contribution in [0, 0.1) is 5.92 Å². The highest BCUT2D eigenvalue weighted by molar-refractivity contribution is 7.90. The van der Waals surface area contributed by atoms with Crippen LogP contribution < -0.4 is 15.4 Å². The molecule has 0 saturated heterocycles. The SMILES string of the molecule is Cn1ncc2c(NC3CCC(CS(C)(=O)=O)CC3)nc(NC3CCC(Oc4cnccn4)CC3)nc21. The van der Waals surface area contributed by atoms with Gasteiger partial charge in [0.15, 0.2) is 5.65 Å². The summed E-state index contributed by atoms with van der Waals surface area (Å²) in [6.07, 6.45) is 15.6. The van der Waals surface area contributed by atoms with E-state index in [0.717, 1.165) is 68.2 Å². The van der Waals surface area contributed by atoms with Gasteiger partial charge in [0.2, 0.25) is 11.8 Å². The number of sulfone groups is 1. The molecule has 3 heterocycles. The minimum Gasteiger partial charge on any atom is -0.473 e. The number of aryl methyl sites for hydroxylation is 1. The van der Waals surface area contributed by atoms with Crippen molar-refractivity contribution in [3.05, 3.63) is 24.8 Å². The molecule has 0 amide bonds. The first kappa shape index (κ1) is 24.7. The summed E-state index contributed by atoms with van der Waals surface area (Å²) < 4.78 is 31.1. The number of hydrogen-bond donors (Lipinski definition) is 2. The average Bonchev–Trinajstić information content (AvgIpc) is 3.22. The Balaban J connectivity index is 1.21. The summed E-state index contributed by atoms with van der Waals surface area (Å²) in [6, 6.07) is 0.511. The second-order valence-electron chi connectivity index (χ2n) is 10.1. The minimum absolute atomic E-state index is 0.135. The fraction of sp³-hybridized carbons (Fsp3) is 0.625. The highest BCUT2D eigenvalue weighted by Gasteiger charge is 2.26. The van der Waals surface area contributed by atoms with Crippen LogP contribution in [0.25, 0.3) is 11.0 Å². The zero-order valence-corrected chi connectivity index (χ0v) is 21.6. The Kier molecular flexibility index (Phi) is 7.22. The molecule has 194 valence electrons. The number of aromatic nitrogens is 6. The van der Waals surface area contributed by atoms with Gasteiger partial charge in [0.05, 0.1) is 23.5 Å². The summed E-state index contributed by atoms with van der Waals surface area (Å²) in [6.45, 7) is 0. The molecule has 3 aromatic rings. The molecule has 0 bridgehead atoms. The van der Waals surface area contributed by atoms with Gasteiger partial charge in [0.1, 0.15) is 21.8 Å². The largest absolute Gasteiger partial charge is 0.473 e. The van der Waals surface area contributed by atoms with E-state index >= 15 is 0 Å². The molecule has 0 atom stereocenters. The lowest BCUT2D eigenvalue weighted by atomic mass is 9.87. The van der Waals surface area contributed by atoms with Crippen LogP contribution in [-0.2, 0) is 16.9 Å². The van der Waals surface area contributed by atoms with Gasteiger partial charge in [-0.05, 0) is 57.3 Å².